The van der Waals surface area contributed by atoms with Crippen molar-refractivity contribution in [2.24, 2.45) is 0 Å². The number of β-amino-alcohol motifs (C(OH)–C–C–N with tert-alkyl or cyclic N) is 1. The standard InChI is InChI=1S/C18H28N2O2/c1-2-3-5-10-18(22)20-12-11-19(14-17(21)15-20)13-16-8-6-4-7-9-16/h4,6-9,17,21H,2-3,5,10-15H2,1H3/t17-/m0/s1. The SMILES string of the molecule is CCCCCC(=O)N1CCN(Cc2ccccc2)C[C@H](O)C1. The van der Waals surface area contributed by atoms with E-state index in [9.17, 15) is 9.90 Å². The summed E-state index contributed by atoms with van der Waals surface area (Å²) in [5, 5.41) is 10.2. The maximum absolute atomic E-state index is 12.2. The first-order chi connectivity index (χ1) is 10.7. The minimum atomic E-state index is -0.457. The predicted molar refractivity (Wildman–Crippen MR) is 88.4 cm³/mol. The first-order valence-electron chi connectivity index (χ1n) is 8.41. The largest absolute Gasteiger partial charge is 0.390 e. The summed E-state index contributed by atoms with van der Waals surface area (Å²) in [4.78, 5) is 16.3. The van der Waals surface area contributed by atoms with Crippen LogP contribution in [0.3, 0.4) is 0 Å². The van der Waals surface area contributed by atoms with Crippen LogP contribution in [0.2, 0.25) is 0 Å². The van der Waals surface area contributed by atoms with Gasteiger partial charge >= 0.3 is 0 Å². The number of rotatable bonds is 6. The summed E-state index contributed by atoms with van der Waals surface area (Å²) in [7, 11) is 0. The molecule has 2 rings (SSSR count). The molecule has 1 aromatic rings. The molecule has 0 unspecified atom stereocenters. The number of amides is 1. The molecule has 122 valence electrons. The molecule has 22 heavy (non-hydrogen) atoms. The Hall–Kier alpha value is -1.39. The maximum Gasteiger partial charge on any atom is 0.222 e. The molecule has 0 aromatic heterocycles. The summed E-state index contributed by atoms with van der Waals surface area (Å²) in [6.45, 7) is 5.61. The molecule has 4 heteroatoms. The minimum absolute atomic E-state index is 0.189. The van der Waals surface area contributed by atoms with Crippen molar-refractivity contribution in [2.45, 2.75) is 45.3 Å². The van der Waals surface area contributed by atoms with Crippen molar-refractivity contribution in [3.63, 3.8) is 0 Å². The zero-order valence-corrected chi connectivity index (χ0v) is 13.6. The number of benzene rings is 1. The Bertz CT molecular complexity index is 450. The van der Waals surface area contributed by atoms with Gasteiger partial charge in [-0.3, -0.25) is 9.69 Å². The van der Waals surface area contributed by atoms with E-state index >= 15 is 0 Å². The highest BCUT2D eigenvalue weighted by atomic mass is 16.3. The van der Waals surface area contributed by atoms with Crippen molar-refractivity contribution in [2.75, 3.05) is 26.2 Å². The molecule has 1 aromatic carbocycles. The van der Waals surface area contributed by atoms with Crippen LogP contribution in [0.15, 0.2) is 30.3 Å². The molecular formula is C18H28N2O2. The monoisotopic (exact) mass is 304 g/mol. The van der Waals surface area contributed by atoms with Crippen molar-refractivity contribution in [1.29, 1.82) is 0 Å². The van der Waals surface area contributed by atoms with Crippen LogP contribution in [0.25, 0.3) is 0 Å². The van der Waals surface area contributed by atoms with E-state index in [1.54, 1.807) is 0 Å². The quantitative estimate of drug-likeness (QED) is 0.820. The zero-order chi connectivity index (χ0) is 15.8. The van der Waals surface area contributed by atoms with Gasteiger partial charge in [0.15, 0.2) is 0 Å². The highest BCUT2D eigenvalue weighted by molar-refractivity contribution is 5.76. The summed E-state index contributed by atoms with van der Waals surface area (Å²) < 4.78 is 0. The Morgan fingerprint density at radius 1 is 1.18 bits per heavy atom. The minimum Gasteiger partial charge on any atom is -0.390 e. The lowest BCUT2D eigenvalue weighted by molar-refractivity contribution is -0.132. The Balaban J connectivity index is 1.85. The highest BCUT2D eigenvalue weighted by Gasteiger charge is 2.24. The lowest BCUT2D eigenvalue weighted by Crippen LogP contribution is -2.37. The van der Waals surface area contributed by atoms with E-state index in [4.69, 9.17) is 0 Å². The number of aliphatic hydroxyl groups is 1. The van der Waals surface area contributed by atoms with Crippen LogP contribution in [-0.4, -0.2) is 53.1 Å². The predicted octanol–water partition coefficient (Wildman–Crippen LogP) is 2.27. The van der Waals surface area contributed by atoms with Gasteiger partial charge in [-0.05, 0) is 12.0 Å². The Morgan fingerprint density at radius 2 is 1.95 bits per heavy atom. The fourth-order valence-corrected chi connectivity index (χ4v) is 2.95. The summed E-state index contributed by atoms with van der Waals surface area (Å²) in [6, 6.07) is 10.3. The maximum atomic E-state index is 12.2. The molecule has 0 radical (unpaired) electrons. The normalized spacial score (nSPS) is 19.9. The van der Waals surface area contributed by atoms with Gasteiger partial charge in [0.05, 0.1) is 6.10 Å². The van der Waals surface area contributed by atoms with Gasteiger partial charge in [-0.15, -0.1) is 0 Å². The second kappa shape index (κ2) is 8.91. The van der Waals surface area contributed by atoms with Crippen LogP contribution < -0.4 is 0 Å². The molecule has 4 nitrogen and oxygen atoms in total. The van der Waals surface area contributed by atoms with E-state index < -0.39 is 6.10 Å². The van der Waals surface area contributed by atoms with Crippen molar-refractivity contribution in [3.05, 3.63) is 35.9 Å². The summed E-state index contributed by atoms with van der Waals surface area (Å²) in [5.41, 5.74) is 1.25. The molecule has 1 saturated heterocycles. The van der Waals surface area contributed by atoms with Gasteiger partial charge in [0.2, 0.25) is 5.91 Å². The molecule has 1 fully saturated rings. The number of aliphatic hydroxyl groups excluding tert-OH is 1. The second-order valence-corrected chi connectivity index (χ2v) is 6.17. The van der Waals surface area contributed by atoms with Crippen LogP contribution in [0.5, 0.6) is 0 Å². The molecule has 1 amide bonds. The molecule has 0 saturated carbocycles. The first-order valence-corrected chi connectivity index (χ1v) is 8.41. The topological polar surface area (TPSA) is 43.8 Å². The van der Waals surface area contributed by atoms with E-state index in [1.807, 2.05) is 23.1 Å². The third-order valence-corrected chi connectivity index (χ3v) is 4.18. The fourth-order valence-electron chi connectivity index (χ4n) is 2.95. The molecule has 0 bridgehead atoms. The Labute approximate surface area is 133 Å². The van der Waals surface area contributed by atoms with E-state index in [0.29, 0.717) is 19.5 Å². The van der Waals surface area contributed by atoms with Gasteiger partial charge in [-0.25, -0.2) is 0 Å². The van der Waals surface area contributed by atoms with Gasteiger partial charge in [-0.2, -0.15) is 0 Å². The van der Waals surface area contributed by atoms with Crippen LogP contribution in [0.4, 0.5) is 0 Å². The molecule has 0 aliphatic carbocycles. The number of nitrogens with zero attached hydrogens (tertiary/aromatic N) is 2. The van der Waals surface area contributed by atoms with Crippen LogP contribution in [-0.2, 0) is 11.3 Å². The summed E-state index contributed by atoms with van der Waals surface area (Å²) in [6.07, 6.45) is 3.33. The Morgan fingerprint density at radius 3 is 2.68 bits per heavy atom. The van der Waals surface area contributed by atoms with Gasteiger partial charge in [0.25, 0.3) is 0 Å². The summed E-state index contributed by atoms with van der Waals surface area (Å²) in [5.74, 6) is 0.189. The summed E-state index contributed by atoms with van der Waals surface area (Å²) >= 11 is 0. The zero-order valence-electron chi connectivity index (χ0n) is 13.6. The van der Waals surface area contributed by atoms with Crippen LogP contribution >= 0.6 is 0 Å². The highest BCUT2D eigenvalue weighted by Crippen LogP contribution is 2.11. The smallest absolute Gasteiger partial charge is 0.222 e. The molecule has 1 aliphatic rings. The van der Waals surface area contributed by atoms with Gasteiger partial charge < -0.3 is 10.0 Å². The molecular weight excluding hydrogens is 276 g/mol. The van der Waals surface area contributed by atoms with E-state index in [2.05, 4.69) is 24.0 Å². The van der Waals surface area contributed by atoms with Gasteiger partial charge in [0.1, 0.15) is 0 Å². The lowest BCUT2D eigenvalue weighted by Gasteiger charge is -2.22. The molecule has 1 aliphatic heterocycles. The van der Waals surface area contributed by atoms with E-state index in [-0.39, 0.29) is 5.91 Å². The lowest BCUT2D eigenvalue weighted by atomic mass is 10.2. The van der Waals surface area contributed by atoms with Crippen molar-refractivity contribution < 1.29 is 9.90 Å². The van der Waals surface area contributed by atoms with Crippen molar-refractivity contribution in [1.82, 2.24) is 9.80 Å². The van der Waals surface area contributed by atoms with E-state index in [1.165, 1.54) is 5.56 Å². The average molecular weight is 304 g/mol. The fraction of sp³-hybridized carbons (Fsp3) is 0.611. The van der Waals surface area contributed by atoms with E-state index in [0.717, 1.165) is 38.9 Å². The first kappa shape index (κ1) is 17.0. The van der Waals surface area contributed by atoms with Crippen molar-refractivity contribution >= 4 is 5.91 Å². The second-order valence-electron chi connectivity index (χ2n) is 6.17. The molecule has 1 atom stereocenters. The van der Waals surface area contributed by atoms with Crippen molar-refractivity contribution in [3.8, 4) is 0 Å². The van der Waals surface area contributed by atoms with Crippen LogP contribution in [0.1, 0.15) is 38.2 Å². The third kappa shape index (κ3) is 5.43. The molecule has 0 spiro atoms. The van der Waals surface area contributed by atoms with Gasteiger partial charge in [-0.1, -0.05) is 50.1 Å². The number of unbranched alkanes of at least 4 members (excludes halogenated alkanes) is 2. The van der Waals surface area contributed by atoms with Crippen LogP contribution in [0, 0.1) is 0 Å². The number of hydrogen-bond acceptors (Lipinski definition) is 3. The molecule has 1 heterocycles. The number of hydrogen-bond donors (Lipinski definition) is 1. The number of carbonyl (C=O) groups is 1. The third-order valence-electron chi connectivity index (χ3n) is 4.18. The van der Waals surface area contributed by atoms with Gasteiger partial charge in [0, 0.05) is 39.1 Å². The Kier molecular flexibility index (Phi) is 6.87. The average Bonchev–Trinajstić information content (AvgIpc) is 2.70. The number of carbonyl (C=O) groups excluding carboxylic acids is 1. The molecule has 1 N–H and O–H groups in total.